The van der Waals surface area contributed by atoms with Gasteiger partial charge in [0.2, 0.25) is 0 Å². The second-order valence-electron chi connectivity index (χ2n) is 4.04. The molecule has 0 N–H and O–H groups in total. The topological polar surface area (TPSA) is 52.6 Å². The van der Waals surface area contributed by atoms with Crippen LogP contribution < -0.4 is 0 Å². The summed E-state index contributed by atoms with van der Waals surface area (Å²) in [6.45, 7) is 4.50. The molecule has 0 unspecified atom stereocenters. The van der Waals surface area contributed by atoms with E-state index in [0.29, 0.717) is 24.3 Å². The van der Waals surface area contributed by atoms with Crippen molar-refractivity contribution >= 4 is 11.9 Å². The maximum atomic E-state index is 11.4. The van der Waals surface area contributed by atoms with Crippen molar-refractivity contribution in [3.8, 4) is 11.8 Å². The minimum absolute atomic E-state index is 0.337. The highest BCUT2D eigenvalue weighted by Crippen LogP contribution is 2.05. The second-order valence-corrected chi connectivity index (χ2v) is 4.04. The highest BCUT2D eigenvalue weighted by Gasteiger charge is 2.04. The van der Waals surface area contributed by atoms with Crippen LogP contribution in [-0.4, -0.2) is 25.2 Å². The Kier molecular flexibility index (Phi) is 6.91. The Balaban J connectivity index is 2.57. The molecular formula is C16H18O4. The zero-order valence-corrected chi connectivity index (χ0v) is 11.8. The van der Waals surface area contributed by atoms with Crippen LogP contribution in [0, 0.1) is 11.8 Å². The van der Waals surface area contributed by atoms with E-state index in [9.17, 15) is 9.59 Å². The summed E-state index contributed by atoms with van der Waals surface area (Å²) in [4.78, 5) is 22.7. The van der Waals surface area contributed by atoms with Crippen LogP contribution in [0.4, 0.5) is 0 Å². The number of esters is 2. The lowest BCUT2D eigenvalue weighted by Crippen LogP contribution is -2.04. The van der Waals surface area contributed by atoms with Crippen LogP contribution in [-0.2, 0) is 14.3 Å². The molecule has 20 heavy (non-hydrogen) atoms. The molecule has 4 nitrogen and oxygen atoms in total. The lowest BCUT2D eigenvalue weighted by molar-refractivity contribution is -0.136. The van der Waals surface area contributed by atoms with E-state index in [0.717, 1.165) is 12.8 Å². The fourth-order valence-electron chi connectivity index (χ4n) is 1.37. The number of ether oxygens (including phenoxy) is 2. The van der Waals surface area contributed by atoms with Crippen LogP contribution in [0.15, 0.2) is 24.3 Å². The minimum Gasteiger partial charge on any atom is -0.462 e. The smallest absolute Gasteiger partial charge is 0.384 e. The maximum absolute atomic E-state index is 11.4. The van der Waals surface area contributed by atoms with Gasteiger partial charge in [0, 0.05) is 11.5 Å². The Morgan fingerprint density at radius 3 is 2.40 bits per heavy atom. The largest absolute Gasteiger partial charge is 0.462 e. The molecule has 0 aliphatic carbocycles. The lowest BCUT2D eigenvalue weighted by Gasteiger charge is -2.00. The van der Waals surface area contributed by atoms with Gasteiger partial charge in [0.05, 0.1) is 18.8 Å². The average Bonchev–Trinajstić information content (AvgIpc) is 2.46. The predicted octanol–water partition coefficient (Wildman–Crippen LogP) is 2.56. The van der Waals surface area contributed by atoms with E-state index in [-0.39, 0.29) is 5.97 Å². The number of carbonyl (C=O) groups is 2. The monoisotopic (exact) mass is 274 g/mol. The Morgan fingerprint density at radius 2 is 1.80 bits per heavy atom. The number of rotatable bonds is 5. The van der Waals surface area contributed by atoms with E-state index in [2.05, 4.69) is 11.8 Å². The number of unbranched alkanes of at least 4 members (excludes halogenated alkanes) is 1. The molecule has 0 saturated heterocycles. The Bertz CT molecular complexity index is 506. The third-order valence-corrected chi connectivity index (χ3v) is 2.44. The Hall–Kier alpha value is -2.28. The van der Waals surface area contributed by atoms with Crippen molar-refractivity contribution in [3.63, 3.8) is 0 Å². The van der Waals surface area contributed by atoms with Gasteiger partial charge in [0.15, 0.2) is 0 Å². The van der Waals surface area contributed by atoms with Gasteiger partial charge in [-0.25, -0.2) is 9.59 Å². The Labute approximate surface area is 119 Å². The van der Waals surface area contributed by atoms with Crippen molar-refractivity contribution in [2.45, 2.75) is 26.7 Å². The van der Waals surface area contributed by atoms with Crippen LogP contribution in [0.1, 0.15) is 42.6 Å². The Morgan fingerprint density at radius 1 is 1.10 bits per heavy atom. The van der Waals surface area contributed by atoms with Crippen molar-refractivity contribution in [2.24, 2.45) is 0 Å². The second kappa shape index (κ2) is 8.76. The molecule has 0 spiro atoms. The van der Waals surface area contributed by atoms with Crippen molar-refractivity contribution < 1.29 is 19.1 Å². The molecule has 0 aliphatic rings. The molecule has 106 valence electrons. The molecule has 0 bridgehead atoms. The van der Waals surface area contributed by atoms with Crippen LogP contribution in [0.3, 0.4) is 0 Å². The van der Waals surface area contributed by atoms with Crippen LogP contribution in [0.2, 0.25) is 0 Å². The SMILES string of the molecule is CCCCOC(=O)C#Cc1ccc(C(=O)OCC)cc1. The summed E-state index contributed by atoms with van der Waals surface area (Å²) in [5.74, 6) is 4.19. The van der Waals surface area contributed by atoms with Crippen LogP contribution in [0.5, 0.6) is 0 Å². The molecule has 0 saturated carbocycles. The van der Waals surface area contributed by atoms with Gasteiger partial charge in [0.25, 0.3) is 0 Å². The van der Waals surface area contributed by atoms with E-state index in [1.54, 1.807) is 31.2 Å². The molecule has 0 amide bonds. The zero-order valence-electron chi connectivity index (χ0n) is 11.8. The number of hydrogen-bond acceptors (Lipinski definition) is 4. The van der Waals surface area contributed by atoms with E-state index >= 15 is 0 Å². The van der Waals surface area contributed by atoms with Gasteiger partial charge in [-0.1, -0.05) is 19.3 Å². The molecule has 0 heterocycles. The van der Waals surface area contributed by atoms with E-state index in [1.165, 1.54) is 0 Å². The summed E-state index contributed by atoms with van der Waals surface area (Å²) in [5, 5.41) is 0. The summed E-state index contributed by atoms with van der Waals surface area (Å²) < 4.78 is 9.78. The lowest BCUT2D eigenvalue weighted by atomic mass is 10.1. The third kappa shape index (κ3) is 5.57. The van der Waals surface area contributed by atoms with Gasteiger partial charge in [0.1, 0.15) is 0 Å². The number of hydrogen-bond donors (Lipinski definition) is 0. The van der Waals surface area contributed by atoms with Gasteiger partial charge in [-0.05, 0) is 37.6 Å². The van der Waals surface area contributed by atoms with Crippen molar-refractivity contribution in [1.29, 1.82) is 0 Å². The summed E-state index contributed by atoms with van der Waals surface area (Å²) in [5.41, 5.74) is 1.11. The summed E-state index contributed by atoms with van der Waals surface area (Å²) in [6.07, 6.45) is 1.80. The van der Waals surface area contributed by atoms with Gasteiger partial charge in [-0.3, -0.25) is 0 Å². The molecular weight excluding hydrogens is 256 g/mol. The molecule has 1 rings (SSSR count). The van der Waals surface area contributed by atoms with Crippen molar-refractivity contribution in [3.05, 3.63) is 35.4 Å². The molecule has 4 heteroatoms. The fourth-order valence-corrected chi connectivity index (χ4v) is 1.37. The summed E-state index contributed by atoms with van der Waals surface area (Å²) >= 11 is 0. The molecule has 0 fully saturated rings. The molecule has 0 atom stereocenters. The first kappa shape index (κ1) is 15.8. The highest BCUT2D eigenvalue weighted by molar-refractivity contribution is 5.90. The highest BCUT2D eigenvalue weighted by atomic mass is 16.5. The third-order valence-electron chi connectivity index (χ3n) is 2.44. The number of benzene rings is 1. The van der Waals surface area contributed by atoms with E-state index in [4.69, 9.17) is 9.47 Å². The first-order valence-electron chi connectivity index (χ1n) is 6.63. The van der Waals surface area contributed by atoms with Crippen molar-refractivity contribution in [1.82, 2.24) is 0 Å². The predicted molar refractivity (Wildman–Crippen MR) is 75.1 cm³/mol. The zero-order chi connectivity index (χ0) is 14.8. The molecule has 0 radical (unpaired) electrons. The standard InChI is InChI=1S/C16H18O4/c1-3-5-12-20-15(17)11-8-13-6-9-14(10-7-13)16(18)19-4-2/h6-7,9-10H,3-5,12H2,1-2H3. The van der Waals surface area contributed by atoms with Crippen molar-refractivity contribution in [2.75, 3.05) is 13.2 Å². The van der Waals surface area contributed by atoms with E-state index < -0.39 is 5.97 Å². The summed E-state index contributed by atoms with van der Waals surface area (Å²) in [6, 6.07) is 6.56. The fraction of sp³-hybridized carbons (Fsp3) is 0.375. The van der Waals surface area contributed by atoms with Gasteiger partial charge in [-0.2, -0.15) is 0 Å². The average molecular weight is 274 g/mol. The van der Waals surface area contributed by atoms with Gasteiger partial charge in [-0.15, -0.1) is 0 Å². The normalized spacial score (nSPS) is 9.30. The first-order valence-corrected chi connectivity index (χ1v) is 6.63. The first-order chi connectivity index (χ1) is 9.67. The molecule has 0 aliphatic heterocycles. The summed E-state index contributed by atoms with van der Waals surface area (Å²) in [7, 11) is 0. The van der Waals surface area contributed by atoms with Gasteiger partial charge < -0.3 is 9.47 Å². The van der Waals surface area contributed by atoms with Crippen LogP contribution >= 0.6 is 0 Å². The molecule has 1 aromatic rings. The molecule has 0 aromatic heterocycles. The quantitative estimate of drug-likeness (QED) is 0.470. The maximum Gasteiger partial charge on any atom is 0.384 e. The van der Waals surface area contributed by atoms with Gasteiger partial charge >= 0.3 is 11.9 Å². The minimum atomic E-state index is -0.534. The molecule has 1 aromatic carbocycles. The van der Waals surface area contributed by atoms with E-state index in [1.807, 2.05) is 6.92 Å². The van der Waals surface area contributed by atoms with Crippen LogP contribution in [0.25, 0.3) is 0 Å². The number of carbonyl (C=O) groups excluding carboxylic acids is 2.